The number of nitrogens with zero attached hydrogens (tertiary/aromatic N) is 1. The Morgan fingerprint density at radius 3 is 2.69 bits per heavy atom. The number of imidazole rings is 1. The monoisotopic (exact) mass is 367 g/mol. The van der Waals surface area contributed by atoms with Gasteiger partial charge >= 0.3 is 0 Å². The minimum Gasteiger partial charge on any atom is -0.396 e. The molecule has 1 heterocycles. The van der Waals surface area contributed by atoms with E-state index in [0.29, 0.717) is 10.4 Å². The molecule has 0 aliphatic carbocycles. The molecule has 2 rings (SSSR count). The molecular weight excluding hydrogens is 366 g/mol. The summed E-state index contributed by atoms with van der Waals surface area (Å²) in [4.78, 5) is 7.24. The number of nitrogens with two attached hydrogens (primary N) is 1. The van der Waals surface area contributed by atoms with Crippen molar-refractivity contribution in [2.45, 2.75) is 0 Å². The number of nitrogens with one attached hydrogen (secondary N) is 1. The second-order valence-corrected chi connectivity index (χ2v) is 4.91. The van der Waals surface area contributed by atoms with Gasteiger partial charge in [-0.1, -0.05) is 0 Å². The summed E-state index contributed by atoms with van der Waals surface area (Å²) in [5.41, 5.74) is 8.15. The van der Waals surface area contributed by atoms with Gasteiger partial charge in [-0.25, -0.2) is 4.98 Å². The highest BCUT2D eigenvalue weighted by Gasteiger charge is 2.10. The molecule has 3 nitrogen and oxygen atoms in total. The summed E-state index contributed by atoms with van der Waals surface area (Å²) in [6.07, 6.45) is 0. The smallest absolute Gasteiger partial charge is 0.175 e. The van der Waals surface area contributed by atoms with E-state index in [0.717, 1.165) is 20.0 Å². The number of hydrogen-bond acceptors (Lipinski definition) is 2. The Balaban J connectivity index is 2.92. The van der Waals surface area contributed by atoms with Gasteiger partial charge in [0.15, 0.2) is 4.73 Å². The first kappa shape index (κ1) is 9.48. The second kappa shape index (κ2) is 3.25. The van der Waals surface area contributed by atoms with Gasteiger partial charge in [-0.2, -0.15) is 0 Å². The molecular formula is C7H4Br3N3. The van der Waals surface area contributed by atoms with Crippen LogP contribution in [-0.2, 0) is 0 Å². The first-order valence-electron chi connectivity index (χ1n) is 3.38. The number of benzene rings is 1. The Kier molecular flexibility index (Phi) is 2.37. The second-order valence-electron chi connectivity index (χ2n) is 2.51. The molecule has 0 atom stereocenters. The van der Waals surface area contributed by atoms with Gasteiger partial charge in [0.1, 0.15) is 5.52 Å². The Morgan fingerprint density at radius 2 is 2.00 bits per heavy atom. The average Bonchev–Trinajstić information content (AvgIpc) is 2.42. The van der Waals surface area contributed by atoms with Gasteiger partial charge < -0.3 is 10.7 Å². The quantitative estimate of drug-likeness (QED) is 0.699. The van der Waals surface area contributed by atoms with E-state index in [1.165, 1.54) is 0 Å². The maximum Gasteiger partial charge on any atom is 0.175 e. The first-order chi connectivity index (χ1) is 6.09. The zero-order valence-electron chi connectivity index (χ0n) is 6.24. The minimum atomic E-state index is 0.631. The van der Waals surface area contributed by atoms with Crippen molar-refractivity contribution in [1.82, 2.24) is 9.97 Å². The highest BCUT2D eigenvalue weighted by Crippen LogP contribution is 2.35. The van der Waals surface area contributed by atoms with Gasteiger partial charge in [-0.15, -0.1) is 0 Å². The average molecular weight is 370 g/mol. The summed E-state index contributed by atoms with van der Waals surface area (Å²) in [7, 11) is 0. The van der Waals surface area contributed by atoms with Crippen LogP contribution in [0.25, 0.3) is 11.0 Å². The van der Waals surface area contributed by atoms with Crippen molar-refractivity contribution in [1.29, 1.82) is 0 Å². The number of hydrogen-bond donors (Lipinski definition) is 2. The number of H-pyrrole nitrogens is 1. The minimum absolute atomic E-state index is 0.631. The van der Waals surface area contributed by atoms with Gasteiger partial charge in [0.2, 0.25) is 0 Å². The van der Waals surface area contributed by atoms with Crippen molar-refractivity contribution in [3.05, 3.63) is 19.7 Å². The number of aromatic nitrogens is 2. The molecule has 0 radical (unpaired) electrons. The Morgan fingerprint density at radius 1 is 1.31 bits per heavy atom. The van der Waals surface area contributed by atoms with Crippen LogP contribution in [0.2, 0.25) is 0 Å². The van der Waals surface area contributed by atoms with Crippen LogP contribution in [0.15, 0.2) is 19.7 Å². The normalized spacial score (nSPS) is 11.0. The molecule has 2 aromatic rings. The van der Waals surface area contributed by atoms with E-state index >= 15 is 0 Å². The lowest BCUT2D eigenvalue weighted by Crippen LogP contribution is -1.89. The van der Waals surface area contributed by atoms with E-state index in [9.17, 15) is 0 Å². The van der Waals surface area contributed by atoms with Crippen LogP contribution in [0.1, 0.15) is 0 Å². The fourth-order valence-electron chi connectivity index (χ4n) is 1.09. The third kappa shape index (κ3) is 1.51. The maximum absolute atomic E-state index is 5.85. The maximum atomic E-state index is 5.85. The molecule has 1 aromatic carbocycles. The standard InChI is InChI=1S/C7H4Br3N3/c8-2-1-3-6(5(11)4(2)9)13-7(10)12-3/h1H,11H2,(H,12,13). The first-order valence-corrected chi connectivity index (χ1v) is 5.76. The molecule has 13 heavy (non-hydrogen) atoms. The van der Waals surface area contributed by atoms with E-state index in [4.69, 9.17) is 5.73 Å². The number of nitrogen functional groups attached to an aromatic ring is 1. The molecule has 0 aliphatic rings. The summed E-state index contributed by atoms with van der Waals surface area (Å²) in [6.45, 7) is 0. The van der Waals surface area contributed by atoms with Crippen LogP contribution in [0, 0.1) is 0 Å². The molecule has 3 N–H and O–H groups in total. The molecule has 0 saturated carbocycles. The lowest BCUT2D eigenvalue weighted by Gasteiger charge is -2.00. The Bertz CT molecular complexity index is 477. The zero-order chi connectivity index (χ0) is 9.59. The van der Waals surface area contributed by atoms with Gasteiger partial charge in [0, 0.05) is 4.47 Å². The highest BCUT2D eigenvalue weighted by molar-refractivity contribution is 9.13. The van der Waals surface area contributed by atoms with Gasteiger partial charge in [-0.05, 0) is 53.9 Å². The van der Waals surface area contributed by atoms with Crippen LogP contribution in [-0.4, -0.2) is 9.97 Å². The number of rotatable bonds is 0. The lowest BCUT2D eigenvalue weighted by molar-refractivity contribution is 1.27. The summed E-state index contributed by atoms with van der Waals surface area (Å²) in [6, 6.07) is 1.92. The van der Waals surface area contributed by atoms with Gasteiger partial charge in [-0.3, -0.25) is 0 Å². The van der Waals surface area contributed by atoms with E-state index in [1.807, 2.05) is 6.07 Å². The molecule has 1 aromatic heterocycles. The number of anilines is 1. The number of aromatic amines is 1. The van der Waals surface area contributed by atoms with E-state index < -0.39 is 0 Å². The van der Waals surface area contributed by atoms with Crippen molar-refractivity contribution in [2.75, 3.05) is 5.73 Å². The zero-order valence-corrected chi connectivity index (χ0v) is 11.0. The van der Waals surface area contributed by atoms with Crippen LogP contribution in [0.4, 0.5) is 5.69 Å². The highest BCUT2D eigenvalue weighted by atomic mass is 79.9. The molecule has 0 spiro atoms. The molecule has 0 fully saturated rings. The third-order valence-corrected chi connectivity index (χ3v) is 4.06. The van der Waals surface area contributed by atoms with Crippen molar-refractivity contribution in [2.24, 2.45) is 0 Å². The molecule has 0 saturated heterocycles. The SMILES string of the molecule is Nc1c(Br)c(Br)cc2[nH]c(Br)nc12. The van der Waals surface area contributed by atoms with Crippen LogP contribution in [0.5, 0.6) is 0 Å². The predicted octanol–water partition coefficient (Wildman–Crippen LogP) is 3.43. The summed E-state index contributed by atoms with van der Waals surface area (Å²) in [5, 5.41) is 0. The summed E-state index contributed by atoms with van der Waals surface area (Å²) < 4.78 is 2.42. The van der Waals surface area contributed by atoms with Crippen LogP contribution in [0.3, 0.4) is 0 Å². The van der Waals surface area contributed by atoms with Crippen molar-refractivity contribution in [3.63, 3.8) is 0 Å². The number of fused-ring (bicyclic) bond motifs is 1. The van der Waals surface area contributed by atoms with E-state index in [-0.39, 0.29) is 0 Å². The lowest BCUT2D eigenvalue weighted by atomic mass is 10.3. The van der Waals surface area contributed by atoms with Gasteiger partial charge in [0.05, 0.1) is 15.7 Å². The number of halogens is 3. The van der Waals surface area contributed by atoms with E-state index in [2.05, 4.69) is 57.8 Å². The predicted molar refractivity (Wildman–Crippen MR) is 63.6 cm³/mol. The van der Waals surface area contributed by atoms with Crippen molar-refractivity contribution < 1.29 is 0 Å². The molecule has 0 amide bonds. The molecule has 0 bridgehead atoms. The fraction of sp³-hybridized carbons (Fsp3) is 0. The van der Waals surface area contributed by atoms with E-state index in [1.54, 1.807) is 0 Å². The van der Waals surface area contributed by atoms with Gasteiger partial charge in [0.25, 0.3) is 0 Å². The summed E-state index contributed by atoms with van der Waals surface area (Å²) >= 11 is 10.0. The molecule has 0 aliphatic heterocycles. The topological polar surface area (TPSA) is 54.7 Å². The molecule has 0 unspecified atom stereocenters. The van der Waals surface area contributed by atoms with Crippen molar-refractivity contribution in [3.8, 4) is 0 Å². The fourth-order valence-corrected chi connectivity index (χ4v) is 2.22. The van der Waals surface area contributed by atoms with Crippen LogP contribution < -0.4 is 5.73 Å². The molecule has 6 heteroatoms. The van der Waals surface area contributed by atoms with Crippen LogP contribution >= 0.6 is 47.8 Å². The Hall–Kier alpha value is -0.0700. The largest absolute Gasteiger partial charge is 0.396 e. The summed E-state index contributed by atoms with van der Waals surface area (Å²) in [5.74, 6) is 0. The molecule has 68 valence electrons. The van der Waals surface area contributed by atoms with Crippen molar-refractivity contribution >= 4 is 64.5 Å². The Labute approximate surface area is 99.5 Å². The third-order valence-electron chi connectivity index (χ3n) is 1.68.